The van der Waals surface area contributed by atoms with Crippen LogP contribution in [0.15, 0.2) is 41.8 Å². The smallest absolute Gasteiger partial charge is 0.256 e. The Hall–Kier alpha value is -1.81. The predicted molar refractivity (Wildman–Crippen MR) is 83.3 cm³/mol. The summed E-state index contributed by atoms with van der Waals surface area (Å²) in [5, 5.41) is 5.19. The highest BCUT2D eigenvalue weighted by Gasteiger charge is 2.31. The van der Waals surface area contributed by atoms with Crippen molar-refractivity contribution in [2.24, 2.45) is 0 Å². The average Bonchev–Trinajstić information content (AvgIpc) is 3.16. The van der Waals surface area contributed by atoms with Crippen molar-refractivity contribution in [2.75, 3.05) is 18.9 Å². The van der Waals surface area contributed by atoms with E-state index in [4.69, 9.17) is 0 Å². The molecule has 1 unspecified atom stereocenters. The lowest BCUT2D eigenvalue weighted by atomic mass is 10.1. The molecule has 1 aliphatic heterocycles. The van der Waals surface area contributed by atoms with Crippen LogP contribution in [0.5, 0.6) is 0 Å². The Morgan fingerprint density at radius 2 is 2.15 bits per heavy atom. The summed E-state index contributed by atoms with van der Waals surface area (Å²) >= 11 is 1.74. The Morgan fingerprint density at radius 3 is 2.90 bits per heavy atom. The molecule has 4 heteroatoms. The molecule has 0 saturated carbocycles. The van der Waals surface area contributed by atoms with E-state index in [1.807, 2.05) is 36.2 Å². The summed E-state index contributed by atoms with van der Waals surface area (Å²) in [6.45, 7) is 0.847. The lowest BCUT2D eigenvalue weighted by Crippen LogP contribution is -2.30. The summed E-state index contributed by atoms with van der Waals surface area (Å²) in [5.41, 5.74) is 1.66. The number of rotatable bonds is 3. The molecule has 1 aliphatic rings. The molecule has 3 nitrogen and oxygen atoms in total. The van der Waals surface area contributed by atoms with Gasteiger partial charge in [-0.3, -0.25) is 4.79 Å². The zero-order valence-corrected chi connectivity index (χ0v) is 12.3. The fraction of sp³-hybridized carbons (Fsp3) is 0.312. The maximum absolute atomic E-state index is 12.8. The summed E-state index contributed by atoms with van der Waals surface area (Å²) in [6.07, 6.45) is 2.14. The third-order valence-electron chi connectivity index (χ3n) is 3.81. The normalized spacial score (nSPS) is 18.2. The second-order valence-corrected chi connectivity index (χ2v) is 5.95. The molecule has 1 aromatic carbocycles. The first-order valence-electron chi connectivity index (χ1n) is 6.92. The van der Waals surface area contributed by atoms with Crippen LogP contribution >= 0.6 is 11.3 Å². The Bertz CT molecular complexity index is 594. The summed E-state index contributed by atoms with van der Waals surface area (Å²) in [4.78, 5) is 16.1. The van der Waals surface area contributed by atoms with E-state index in [-0.39, 0.29) is 11.9 Å². The molecule has 0 bridgehead atoms. The number of likely N-dealkylation sites (tertiary alicyclic amines) is 1. The minimum absolute atomic E-state index is 0.130. The van der Waals surface area contributed by atoms with Crippen LogP contribution in [0.25, 0.3) is 0 Å². The molecule has 0 radical (unpaired) electrons. The standard InChI is InChI=1S/C16H18N2OS/c1-17-13-7-3-2-6-12(13)16(19)18-10-4-8-14(18)15-9-5-11-20-15/h2-3,5-7,9,11,14,17H,4,8,10H2,1H3. The van der Waals surface area contributed by atoms with Crippen LogP contribution in [0.3, 0.4) is 0 Å². The Kier molecular flexibility index (Phi) is 3.74. The van der Waals surface area contributed by atoms with Crippen molar-refractivity contribution in [3.05, 3.63) is 52.2 Å². The van der Waals surface area contributed by atoms with Crippen molar-refractivity contribution in [1.29, 1.82) is 0 Å². The molecule has 1 fully saturated rings. The SMILES string of the molecule is CNc1ccccc1C(=O)N1CCCC1c1cccs1. The highest BCUT2D eigenvalue weighted by Crippen LogP contribution is 2.36. The predicted octanol–water partition coefficient (Wildman–Crippen LogP) is 3.77. The van der Waals surface area contributed by atoms with Gasteiger partial charge in [0.15, 0.2) is 0 Å². The van der Waals surface area contributed by atoms with Crippen molar-refractivity contribution in [1.82, 2.24) is 4.90 Å². The van der Waals surface area contributed by atoms with E-state index >= 15 is 0 Å². The van der Waals surface area contributed by atoms with Gasteiger partial charge in [-0.2, -0.15) is 0 Å². The number of carbonyl (C=O) groups is 1. The topological polar surface area (TPSA) is 32.3 Å². The van der Waals surface area contributed by atoms with Gasteiger partial charge >= 0.3 is 0 Å². The van der Waals surface area contributed by atoms with Gasteiger partial charge in [0, 0.05) is 24.2 Å². The van der Waals surface area contributed by atoms with Crippen LogP contribution in [-0.2, 0) is 0 Å². The number of para-hydroxylation sites is 1. The number of hydrogen-bond acceptors (Lipinski definition) is 3. The van der Waals surface area contributed by atoms with Crippen LogP contribution < -0.4 is 5.32 Å². The van der Waals surface area contributed by atoms with E-state index in [0.717, 1.165) is 30.6 Å². The lowest BCUT2D eigenvalue weighted by molar-refractivity contribution is 0.0739. The minimum Gasteiger partial charge on any atom is -0.387 e. The summed E-state index contributed by atoms with van der Waals surface area (Å²) in [7, 11) is 1.85. The first-order chi connectivity index (χ1) is 9.81. The molecule has 1 aromatic heterocycles. The van der Waals surface area contributed by atoms with E-state index in [1.54, 1.807) is 11.3 Å². The zero-order chi connectivity index (χ0) is 13.9. The minimum atomic E-state index is 0.130. The number of thiophene rings is 1. The molecule has 0 aliphatic carbocycles. The Labute approximate surface area is 123 Å². The summed E-state index contributed by atoms with van der Waals surface area (Å²) < 4.78 is 0. The van der Waals surface area contributed by atoms with Crippen LogP contribution in [0, 0.1) is 0 Å². The zero-order valence-electron chi connectivity index (χ0n) is 11.5. The lowest BCUT2D eigenvalue weighted by Gasteiger charge is -2.25. The number of carbonyl (C=O) groups excluding carboxylic acids is 1. The van der Waals surface area contributed by atoms with Gasteiger partial charge in [0.1, 0.15) is 0 Å². The molecule has 2 aromatic rings. The van der Waals surface area contributed by atoms with Crippen LogP contribution in [0.2, 0.25) is 0 Å². The van der Waals surface area contributed by atoms with Gasteiger partial charge in [0.05, 0.1) is 11.6 Å². The molecule has 2 heterocycles. The number of benzene rings is 1. The van der Waals surface area contributed by atoms with Crippen molar-refractivity contribution >= 4 is 22.9 Å². The van der Waals surface area contributed by atoms with Gasteiger partial charge in [-0.1, -0.05) is 18.2 Å². The first kappa shape index (κ1) is 13.2. The van der Waals surface area contributed by atoms with Crippen LogP contribution in [0.1, 0.15) is 34.1 Å². The van der Waals surface area contributed by atoms with E-state index in [2.05, 4.69) is 22.8 Å². The van der Waals surface area contributed by atoms with Gasteiger partial charge in [-0.15, -0.1) is 11.3 Å². The quantitative estimate of drug-likeness (QED) is 0.931. The molecule has 1 N–H and O–H groups in total. The molecule has 20 heavy (non-hydrogen) atoms. The maximum atomic E-state index is 12.8. The van der Waals surface area contributed by atoms with E-state index < -0.39 is 0 Å². The van der Waals surface area contributed by atoms with Crippen molar-refractivity contribution in [3.63, 3.8) is 0 Å². The number of hydrogen-bond donors (Lipinski definition) is 1. The van der Waals surface area contributed by atoms with Gasteiger partial charge < -0.3 is 10.2 Å². The summed E-state index contributed by atoms with van der Waals surface area (Å²) in [6, 6.07) is 12.1. The Balaban J connectivity index is 1.90. The largest absolute Gasteiger partial charge is 0.387 e. The summed E-state index contributed by atoms with van der Waals surface area (Å²) in [5.74, 6) is 0.130. The van der Waals surface area contributed by atoms with Gasteiger partial charge in [-0.25, -0.2) is 0 Å². The van der Waals surface area contributed by atoms with Crippen molar-refractivity contribution in [2.45, 2.75) is 18.9 Å². The van der Waals surface area contributed by atoms with Gasteiger partial charge in [0.25, 0.3) is 5.91 Å². The number of nitrogens with one attached hydrogen (secondary N) is 1. The van der Waals surface area contributed by atoms with Gasteiger partial charge in [0.2, 0.25) is 0 Å². The number of anilines is 1. The molecular weight excluding hydrogens is 268 g/mol. The molecule has 1 saturated heterocycles. The maximum Gasteiger partial charge on any atom is 0.256 e. The molecule has 1 amide bonds. The van der Waals surface area contributed by atoms with Crippen LogP contribution in [-0.4, -0.2) is 24.4 Å². The highest BCUT2D eigenvalue weighted by molar-refractivity contribution is 7.10. The third kappa shape index (κ3) is 2.31. The second-order valence-electron chi connectivity index (χ2n) is 4.97. The fourth-order valence-electron chi connectivity index (χ4n) is 2.83. The number of amides is 1. The Morgan fingerprint density at radius 1 is 1.30 bits per heavy atom. The van der Waals surface area contributed by atoms with Gasteiger partial charge in [-0.05, 0) is 36.4 Å². The van der Waals surface area contributed by atoms with Crippen molar-refractivity contribution < 1.29 is 4.79 Å². The average molecular weight is 286 g/mol. The van der Waals surface area contributed by atoms with E-state index in [0.29, 0.717) is 0 Å². The third-order valence-corrected chi connectivity index (χ3v) is 4.79. The fourth-order valence-corrected chi connectivity index (χ4v) is 3.70. The highest BCUT2D eigenvalue weighted by atomic mass is 32.1. The molecular formula is C16H18N2OS. The number of nitrogens with zero attached hydrogens (tertiary/aromatic N) is 1. The molecule has 104 valence electrons. The van der Waals surface area contributed by atoms with Crippen LogP contribution in [0.4, 0.5) is 5.69 Å². The van der Waals surface area contributed by atoms with Crippen molar-refractivity contribution in [3.8, 4) is 0 Å². The second kappa shape index (κ2) is 5.67. The van der Waals surface area contributed by atoms with E-state index in [9.17, 15) is 4.79 Å². The first-order valence-corrected chi connectivity index (χ1v) is 7.80. The molecule has 1 atom stereocenters. The molecule has 3 rings (SSSR count). The monoisotopic (exact) mass is 286 g/mol. The molecule has 0 spiro atoms. The van der Waals surface area contributed by atoms with E-state index in [1.165, 1.54) is 4.88 Å².